The van der Waals surface area contributed by atoms with Crippen molar-refractivity contribution < 1.29 is 4.74 Å². The number of rotatable bonds is 16. The smallest absolute Gasteiger partial charge is 0.0518 e. The molecule has 0 heterocycles. The number of benzene rings is 1. The highest BCUT2D eigenvalue weighted by Gasteiger charge is 1.96. The molecular formula is C22H40N2O. The zero-order chi connectivity index (χ0) is 18.2. The van der Waals surface area contributed by atoms with E-state index in [1.807, 2.05) is 0 Å². The molecule has 25 heavy (non-hydrogen) atoms. The number of hydrogen-bond acceptors (Lipinski definition) is 3. The fourth-order valence-electron chi connectivity index (χ4n) is 2.82. The molecule has 0 unspecified atom stereocenters. The molecule has 0 aliphatic heterocycles. The van der Waals surface area contributed by atoms with Crippen molar-refractivity contribution in [1.82, 2.24) is 0 Å². The minimum atomic E-state index is 0.325. The molecule has 144 valence electrons. The van der Waals surface area contributed by atoms with Gasteiger partial charge in [0.05, 0.1) is 6.10 Å². The Morgan fingerprint density at radius 2 is 1.20 bits per heavy atom. The number of unbranched alkanes of at least 4 members (excludes halogenated alkanes) is 7. The third-order valence-corrected chi connectivity index (χ3v) is 4.35. The van der Waals surface area contributed by atoms with Crippen molar-refractivity contribution in [2.45, 2.75) is 84.7 Å². The minimum Gasteiger partial charge on any atom is -0.385 e. The van der Waals surface area contributed by atoms with Crippen LogP contribution >= 0.6 is 0 Å². The van der Waals surface area contributed by atoms with Crippen LogP contribution in [0.4, 0.5) is 11.4 Å². The van der Waals surface area contributed by atoms with Crippen LogP contribution in [0.5, 0.6) is 0 Å². The summed E-state index contributed by atoms with van der Waals surface area (Å²) in [6.07, 6.45) is 12.3. The van der Waals surface area contributed by atoms with E-state index in [9.17, 15) is 0 Å². The molecule has 1 aromatic carbocycles. The molecule has 2 N–H and O–H groups in total. The van der Waals surface area contributed by atoms with Gasteiger partial charge in [0.25, 0.3) is 0 Å². The van der Waals surface area contributed by atoms with Gasteiger partial charge in [0.2, 0.25) is 0 Å². The largest absolute Gasteiger partial charge is 0.385 e. The molecule has 0 aliphatic rings. The molecule has 0 saturated heterocycles. The van der Waals surface area contributed by atoms with E-state index in [1.54, 1.807) is 0 Å². The Morgan fingerprint density at radius 1 is 0.720 bits per heavy atom. The van der Waals surface area contributed by atoms with E-state index >= 15 is 0 Å². The Labute approximate surface area is 155 Å². The number of hydrogen-bond donors (Lipinski definition) is 2. The van der Waals surface area contributed by atoms with Crippen LogP contribution in [0.1, 0.15) is 78.6 Å². The lowest BCUT2D eigenvalue weighted by Gasteiger charge is -2.10. The summed E-state index contributed by atoms with van der Waals surface area (Å²) >= 11 is 0. The van der Waals surface area contributed by atoms with Crippen molar-refractivity contribution in [3.63, 3.8) is 0 Å². The van der Waals surface area contributed by atoms with E-state index in [1.165, 1.54) is 62.7 Å². The molecule has 0 radical (unpaired) electrons. The van der Waals surface area contributed by atoms with Gasteiger partial charge in [0.1, 0.15) is 0 Å². The molecule has 0 aromatic heterocycles. The van der Waals surface area contributed by atoms with Gasteiger partial charge in [-0.2, -0.15) is 0 Å². The normalized spacial score (nSPS) is 11.0. The summed E-state index contributed by atoms with van der Waals surface area (Å²) < 4.78 is 5.55. The molecule has 0 aliphatic carbocycles. The SMILES string of the molecule is CCCCCCCCCCNc1ccc(NCCCOC(C)C)cc1. The van der Waals surface area contributed by atoms with Crippen molar-refractivity contribution >= 4 is 11.4 Å². The zero-order valence-electron chi connectivity index (χ0n) is 16.8. The molecule has 1 rings (SSSR count). The summed E-state index contributed by atoms with van der Waals surface area (Å²) in [5.74, 6) is 0. The predicted octanol–water partition coefficient (Wildman–Crippen LogP) is 6.47. The van der Waals surface area contributed by atoms with E-state index < -0.39 is 0 Å². The second-order valence-corrected chi connectivity index (χ2v) is 7.18. The summed E-state index contributed by atoms with van der Waals surface area (Å²) in [6.45, 7) is 9.28. The van der Waals surface area contributed by atoms with Crippen LogP contribution in [0.3, 0.4) is 0 Å². The van der Waals surface area contributed by atoms with Gasteiger partial charge in [-0.15, -0.1) is 0 Å². The molecule has 0 saturated carbocycles. The lowest BCUT2D eigenvalue weighted by molar-refractivity contribution is 0.0787. The molecule has 3 heteroatoms. The predicted molar refractivity (Wildman–Crippen MR) is 112 cm³/mol. The third-order valence-electron chi connectivity index (χ3n) is 4.35. The minimum absolute atomic E-state index is 0.325. The molecule has 0 spiro atoms. The van der Waals surface area contributed by atoms with E-state index in [0.717, 1.165) is 26.1 Å². The lowest BCUT2D eigenvalue weighted by atomic mass is 10.1. The highest BCUT2D eigenvalue weighted by atomic mass is 16.5. The van der Waals surface area contributed by atoms with Gasteiger partial charge in [-0.05, 0) is 51.0 Å². The second kappa shape index (κ2) is 15.1. The van der Waals surface area contributed by atoms with Gasteiger partial charge in [0.15, 0.2) is 0 Å². The molecule has 0 amide bonds. The Kier molecular flexibility index (Phi) is 13.2. The highest BCUT2D eigenvalue weighted by molar-refractivity contribution is 5.53. The van der Waals surface area contributed by atoms with Crippen LogP contribution in [0.25, 0.3) is 0 Å². The third kappa shape index (κ3) is 12.7. The monoisotopic (exact) mass is 348 g/mol. The average molecular weight is 349 g/mol. The summed E-state index contributed by atoms with van der Waals surface area (Å²) in [5.41, 5.74) is 2.40. The lowest BCUT2D eigenvalue weighted by Crippen LogP contribution is -2.09. The fraction of sp³-hybridized carbons (Fsp3) is 0.727. The molecule has 1 aromatic rings. The molecule has 0 fully saturated rings. The molecule has 3 nitrogen and oxygen atoms in total. The van der Waals surface area contributed by atoms with Gasteiger partial charge >= 0.3 is 0 Å². The second-order valence-electron chi connectivity index (χ2n) is 7.18. The fourth-order valence-corrected chi connectivity index (χ4v) is 2.82. The Hall–Kier alpha value is -1.22. The van der Waals surface area contributed by atoms with Crippen molar-refractivity contribution in [1.29, 1.82) is 0 Å². The topological polar surface area (TPSA) is 33.3 Å². The molecule has 0 bridgehead atoms. The first-order valence-corrected chi connectivity index (χ1v) is 10.4. The first-order valence-electron chi connectivity index (χ1n) is 10.4. The van der Waals surface area contributed by atoms with Crippen molar-refractivity contribution in [3.8, 4) is 0 Å². The van der Waals surface area contributed by atoms with Crippen LogP contribution in [-0.4, -0.2) is 25.8 Å². The summed E-state index contributed by atoms with van der Waals surface area (Å²) in [6, 6.07) is 8.63. The van der Waals surface area contributed by atoms with Crippen LogP contribution in [0.15, 0.2) is 24.3 Å². The Bertz CT molecular complexity index is 403. The first-order chi connectivity index (χ1) is 12.2. The van der Waals surface area contributed by atoms with Crippen LogP contribution < -0.4 is 10.6 Å². The summed E-state index contributed by atoms with van der Waals surface area (Å²) in [5, 5.41) is 6.97. The van der Waals surface area contributed by atoms with E-state index in [4.69, 9.17) is 4.74 Å². The van der Waals surface area contributed by atoms with Gasteiger partial charge in [0, 0.05) is 31.1 Å². The van der Waals surface area contributed by atoms with Gasteiger partial charge < -0.3 is 15.4 Å². The molecule has 0 atom stereocenters. The van der Waals surface area contributed by atoms with Gasteiger partial charge in [-0.25, -0.2) is 0 Å². The highest BCUT2D eigenvalue weighted by Crippen LogP contribution is 2.14. The van der Waals surface area contributed by atoms with Crippen molar-refractivity contribution in [2.24, 2.45) is 0 Å². The van der Waals surface area contributed by atoms with Crippen LogP contribution in [0.2, 0.25) is 0 Å². The van der Waals surface area contributed by atoms with E-state index in [-0.39, 0.29) is 0 Å². The maximum absolute atomic E-state index is 5.55. The average Bonchev–Trinajstić information content (AvgIpc) is 2.61. The first kappa shape index (κ1) is 21.8. The van der Waals surface area contributed by atoms with Crippen LogP contribution in [0, 0.1) is 0 Å². The summed E-state index contributed by atoms with van der Waals surface area (Å²) in [7, 11) is 0. The number of nitrogens with one attached hydrogen (secondary N) is 2. The Morgan fingerprint density at radius 3 is 1.72 bits per heavy atom. The maximum Gasteiger partial charge on any atom is 0.0518 e. The van der Waals surface area contributed by atoms with E-state index in [2.05, 4.69) is 55.7 Å². The zero-order valence-corrected chi connectivity index (χ0v) is 16.8. The summed E-state index contributed by atoms with van der Waals surface area (Å²) in [4.78, 5) is 0. The number of ether oxygens (including phenoxy) is 1. The maximum atomic E-state index is 5.55. The van der Waals surface area contributed by atoms with E-state index in [0.29, 0.717) is 6.10 Å². The van der Waals surface area contributed by atoms with Crippen molar-refractivity contribution in [2.75, 3.05) is 30.3 Å². The van der Waals surface area contributed by atoms with Gasteiger partial charge in [-0.3, -0.25) is 0 Å². The molecular weight excluding hydrogens is 308 g/mol. The number of anilines is 2. The quantitative estimate of drug-likeness (QED) is 0.336. The van der Waals surface area contributed by atoms with Gasteiger partial charge in [-0.1, -0.05) is 51.9 Å². The van der Waals surface area contributed by atoms with Crippen LogP contribution in [-0.2, 0) is 4.74 Å². The van der Waals surface area contributed by atoms with Crippen molar-refractivity contribution in [3.05, 3.63) is 24.3 Å². The Balaban J connectivity index is 2.00. The standard InChI is InChI=1S/C22H40N2O/c1-4-5-6-7-8-9-10-11-17-23-21-13-15-22(16-14-21)24-18-12-19-25-20(2)3/h13-16,20,23-24H,4-12,17-19H2,1-3H3.